The number of cyclic esters (lactones) is 1. The molecule has 2 heterocycles. The zero-order chi connectivity index (χ0) is 11.1. The zero-order valence-corrected chi connectivity index (χ0v) is 9.34. The van der Waals surface area contributed by atoms with Gasteiger partial charge in [0, 0.05) is 6.20 Å². The van der Waals surface area contributed by atoms with Gasteiger partial charge < -0.3 is 4.74 Å². The number of halogens is 1. The molecule has 1 atom stereocenters. The van der Waals surface area contributed by atoms with Crippen LogP contribution in [0.15, 0.2) is 6.20 Å². The molecular weight excluding hydrogens is 216 g/mol. The lowest BCUT2D eigenvalue weighted by atomic mass is 9.96. The second kappa shape index (κ2) is 3.45. The maximum atomic E-state index is 11.5. The van der Waals surface area contributed by atoms with Crippen molar-refractivity contribution in [1.29, 1.82) is 0 Å². The van der Waals surface area contributed by atoms with Gasteiger partial charge in [0.05, 0.1) is 0 Å². The summed E-state index contributed by atoms with van der Waals surface area (Å²) in [6.45, 7) is 3.88. The van der Waals surface area contributed by atoms with Crippen LogP contribution in [0.2, 0.25) is 5.28 Å². The van der Waals surface area contributed by atoms with Crippen molar-refractivity contribution < 1.29 is 9.53 Å². The SMILES string of the molecule is CCCC1(C)OC(=O)c2cnc(Cl)nc21. The van der Waals surface area contributed by atoms with Gasteiger partial charge in [-0.25, -0.2) is 14.8 Å². The molecular formula is C10H11ClN2O2. The molecule has 1 aromatic heterocycles. The van der Waals surface area contributed by atoms with Crippen LogP contribution in [0.4, 0.5) is 0 Å². The number of nitrogens with zero attached hydrogens (tertiary/aromatic N) is 2. The topological polar surface area (TPSA) is 52.1 Å². The Labute approximate surface area is 92.6 Å². The molecule has 1 aliphatic heterocycles. The number of carbonyl (C=O) groups excluding carboxylic acids is 1. The van der Waals surface area contributed by atoms with Crippen molar-refractivity contribution in [3.05, 3.63) is 22.7 Å². The van der Waals surface area contributed by atoms with Crippen LogP contribution in [-0.2, 0) is 10.3 Å². The molecule has 0 N–H and O–H groups in total. The van der Waals surface area contributed by atoms with Crippen LogP contribution < -0.4 is 0 Å². The van der Waals surface area contributed by atoms with Gasteiger partial charge in [-0.05, 0) is 24.9 Å². The molecule has 0 spiro atoms. The molecule has 0 saturated heterocycles. The highest BCUT2D eigenvalue weighted by Crippen LogP contribution is 2.38. The number of esters is 1. The first-order valence-corrected chi connectivity index (χ1v) is 5.21. The summed E-state index contributed by atoms with van der Waals surface area (Å²) in [6, 6.07) is 0. The van der Waals surface area contributed by atoms with Crippen LogP contribution in [0.1, 0.15) is 42.7 Å². The lowest BCUT2D eigenvalue weighted by molar-refractivity contribution is -0.00483. The third-order valence-corrected chi connectivity index (χ3v) is 2.71. The predicted molar refractivity (Wildman–Crippen MR) is 54.7 cm³/mol. The van der Waals surface area contributed by atoms with E-state index in [4.69, 9.17) is 16.3 Å². The van der Waals surface area contributed by atoms with Crippen molar-refractivity contribution >= 4 is 17.6 Å². The number of fused-ring (bicyclic) bond motifs is 1. The average Bonchev–Trinajstić information content (AvgIpc) is 2.39. The summed E-state index contributed by atoms with van der Waals surface area (Å²) in [5, 5.41) is 0.148. The lowest BCUT2D eigenvalue weighted by Gasteiger charge is -2.21. The molecule has 0 amide bonds. The Hall–Kier alpha value is -1.16. The van der Waals surface area contributed by atoms with Gasteiger partial charge in [-0.1, -0.05) is 13.3 Å². The first kappa shape index (κ1) is 10.4. The van der Waals surface area contributed by atoms with Gasteiger partial charge in [-0.3, -0.25) is 0 Å². The van der Waals surface area contributed by atoms with Crippen LogP contribution in [-0.4, -0.2) is 15.9 Å². The summed E-state index contributed by atoms with van der Waals surface area (Å²) in [7, 11) is 0. The standard InChI is InChI=1S/C10H11ClN2O2/c1-3-4-10(2)7-6(8(14)15-10)5-12-9(11)13-7/h5H,3-4H2,1-2H3. The Morgan fingerprint density at radius 3 is 3.00 bits per heavy atom. The van der Waals surface area contributed by atoms with Crippen molar-refractivity contribution in [2.24, 2.45) is 0 Å². The molecule has 5 heteroatoms. The van der Waals surface area contributed by atoms with E-state index < -0.39 is 5.60 Å². The summed E-state index contributed by atoms with van der Waals surface area (Å²) in [4.78, 5) is 19.4. The van der Waals surface area contributed by atoms with E-state index in [1.54, 1.807) is 0 Å². The van der Waals surface area contributed by atoms with Crippen LogP contribution in [0, 0.1) is 0 Å². The minimum atomic E-state index is -0.645. The van der Waals surface area contributed by atoms with Crippen molar-refractivity contribution in [1.82, 2.24) is 9.97 Å². The van der Waals surface area contributed by atoms with Crippen LogP contribution in [0.25, 0.3) is 0 Å². The van der Waals surface area contributed by atoms with E-state index >= 15 is 0 Å². The number of carbonyl (C=O) groups is 1. The van der Waals surface area contributed by atoms with E-state index in [1.165, 1.54) is 6.20 Å². The second-order valence-electron chi connectivity index (χ2n) is 3.77. The fourth-order valence-electron chi connectivity index (χ4n) is 1.87. The summed E-state index contributed by atoms with van der Waals surface area (Å²) < 4.78 is 5.31. The monoisotopic (exact) mass is 226 g/mol. The van der Waals surface area contributed by atoms with E-state index in [0.29, 0.717) is 11.3 Å². The molecule has 0 saturated carbocycles. The smallest absolute Gasteiger partial charge is 0.342 e. The molecule has 0 aliphatic carbocycles. The second-order valence-corrected chi connectivity index (χ2v) is 4.11. The van der Waals surface area contributed by atoms with E-state index in [1.807, 2.05) is 13.8 Å². The molecule has 15 heavy (non-hydrogen) atoms. The van der Waals surface area contributed by atoms with Crippen molar-refractivity contribution in [2.45, 2.75) is 32.3 Å². The maximum Gasteiger partial charge on any atom is 0.342 e. The van der Waals surface area contributed by atoms with Crippen molar-refractivity contribution in [3.63, 3.8) is 0 Å². The largest absolute Gasteiger partial charge is 0.449 e. The van der Waals surface area contributed by atoms with Gasteiger partial charge >= 0.3 is 5.97 Å². The predicted octanol–water partition coefficient (Wildman–Crippen LogP) is 2.32. The number of aromatic nitrogens is 2. The van der Waals surface area contributed by atoms with Crippen LogP contribution >= 0.6 is 11.6 Å². The summed E-state index contributed by atoms with van der Waals surface area (Å²) in [6.07, 6.45) is 3.07. The van der Waals surface area contributed by atoms with E-state index in [-0.39, 0.29) is 11.3 Å². The Morgan fingerprint density at radius 1 is 1.60 bits per heavy atom. The molecule has 0 bridgehead atoms. The molecule has 1 aromatic rings. The van der Waals surface area contributed by atoms with Gasteiger partial charge in [-0.2, -0.15) is 0 Å². The fraction of sp³-hybridized carbons (Fsp3) is 0.500. The minimum absolute atomic E-state index is 0.148. The number of hydrogen-bond acceptors (Lipinski definition) is 4. The summed E-state index contributed by atoms with van der Waals surface area (Å²) in [5.41, 5.74) is 0.387. The molecule has 1 unspecified atom stereocenters. The Bertz CT molecular complexity index is 422. The number of hydrogen-bond donors (Lipinski definition) is 0. The highest BCUT2D eigenvalue weighted by atomic mass is 35.5. The van der Waals surface area contributed by atoms with Gasteiger partial charge in [0.2, 0.25) is 5.28 Å². The van der Waals surface area contributed by atoms with Crippen molar-refractivity contribution in [2.75, 3.05) is 0 Å². The van der Waals surface area contributed by atoms with Gasteiger partial charge in [-0.15, -0.1) is 0 Å². The number of rotatable bonds is 2. The molecule has 0 fully saturated rings. The number of ether oxygens (including phenoxy) is 1. The third-order valence-electron chi connectivity index (χ3n) is 2.53. The lowest BCUT2D eigenvalue weighted by Crippen LogP contribution is -2.22. The average molecular weight is 227 g/mol. The molecule has 1 aliphatic rings. The molecule has 4 nitrogen and oxygen atoms in total. The fourth-order valence-corrected chi connectivity index (χ4v) is 2.00. The van der Waals surface area contributed by atoms with E-state index in [9.17, 15) is 4.79 Å². The van der Waals surface area contributed by atoms with Gasteiger partial charge in [0.1, 0.15) is 11.3 Å². The molecule has 80 valence electrons. The first-order valence-electron chi connectivity index (χ1n) is 4.83. The first-order chi connectivity index (χ1) is 7.07. The Morgan fingerprint density at radius 2 is 2.33 bits per heavy atom. The minimum Gasteiger partial charge on any atom is -0.449 e. The summed E-state index contributed by atoms with van der Waals surface area (Å²) in [5.74, 6) is -0.363. The van der Waals surface area contributed by atoms with Gasteiger partial charge in [0.25, 0.3) is 0 Å². The summed E-state index contributed by atoms with van der Waals surface area (Å²) >= 11 is 5.71. The van der Waals surface area contributed by atoms with E-state index in [0.717, 1.165) is 12.8 Å². The third kappa shape index (κ3) is 1.59. The Balaban J connectivity index is 2.52. The highest BCUT2D eigenvalue weighted by molar-refractivity contribution is 6.28. The molecule has 0 aromatic carbocycles. The quantitative estimate of drug-likeness (QED) is 0.574. The molecule has 0 radical (unpaired) electrons. The normalized spacial score (nSPS) is 23.8. The van der Waals surface area contributed by atoms with Crippen LogP contribution in [0.5, 0.6) is 0 Å². The van der Waals surface area contributed by atoms with E-state index in [2.05, 4.69) is 9.97 Å². The maximum absolute atomic E-state index is 11.5. The zero-order valence-electron chi connectivity index (χ0n) is 8.58. The van der Waals surface area contributed by atoms with Gasteiger partial charge in [0.15, 0.2) is 5.60 Å². The van der Waals surface area contributed by atoms with Crippen LogP contribution in [0.3, 0.4) is 0 Å². The Kier molecular flexibility index (Phi) is 2.38. The molecule has 2 rings (SSSR count). The van der Waals surface area contributed by atoms with Crippen molar-refractivity contribution in [3.8, 4) is 0 Å². The highest BCUT2D eigenvalue weighted by Gasteiger charge is 2.42.